The fraction of sp³-hybridized carbons (Fsp3) is 0.429. The van der Waals surface area contributed by atoms with Crippen molar-refractivity contribution in [2.75, 3.05) is 36.0 Å². The normalized spacial score (nSPS) is 17.6. The van der Waals surface area contributed by atoms with Crippen molar-refractivity contribution in [3.63, 3.8) is 0 Å². The maximum absolute atomic E-state index is 14.1. The Labute approximate surface area is 175 Å². The van der Waals surface area contributed by atoms with E-state index in [9.17, 15) is 22.0 Å². The van der Waals surface area contributed by atoms with E-state index in [2.05, 4.69) is 10.2 Å². The molecule has 10 heteroatoms. The van der Waals surface area contributed by atoms with Crippen LogP contribution in [0.15, 0.2) is 30.5 Å². The van der Waals surface area contributed by atoms with Gasteiger partial charge in [0.25, 0.3) is 0 Å². The topological polar surface area (TPSA) is 36.7 Å². The Morgan fingerprint density at radius 3 is 2.19 bits per heavy atom. The molecule has 1 saturated heterocycles. The van der Waals surface area contributed by atoms with Crippen molar-refractivity contribution >= 4 is 17.0 Å². The van der Waals surface area contributed by atoms with Crippen LogP contribution >= 0.6 is 0 Å². The summed E-state index contributed by atoms with van der Waals surface area (Å²) in [6.07, 6.45) is -0.235. The Hall–Kier alpha value is -2.91. The summed E-state index contributed by atoms with van der Waals surface area (Å²) in [4.78, 5) is 3.35. The van der Waals surface area contributed by atoms with Crippen molar-refractivity contribution in [3.05, 3.63) is 53.5 Å². The molecule has 0 N–H and O–H groups in total. The van der Waals surface area contributed by atoms with Gasteiger partial charge in [-0.2, -0.15) is 13.2 Å². The Bertz CT molecular complexity index is 1110. The van der Waals surface area contributed by atoms with Crippen LogP contribution in [0.25, 0.3) is 5.65 Å². The third-order valence-electron chi connectivity index (χ3n) is 5.95. The summed E-state index contributed by atoms with van der Waals surface area (Å²) < 4.78 is 70.8. The molecular weight excluding hydrogens is 417 g/mol. The van der Waals surface area contributed by atoms with Gasteiger partial charge < -0.3 is 9.80 Å². The molecule has 0 amide bonds. The molecular formula is C21H20F5N5. The molecule has 2 fully saturated rings. The second-order valence-corrected chi connectivity index (χ2v) is 8.10. The molecule has 5 rings (SSSR count). The van der Waals surface area contributed by atoms with Crippen molar-refractivity contribution in [2.24, 2.45) is 5.92 Å². The summed E-state index contributed by atoms with van der Waals surface area (Å²) in [5, 5.41) is 7.89. The third kappa shape index (κ3) is 3.79. The molecule has 3 heterocycles. The summed E-state index contributed by atoms with van der Waals surface area (Å²) in [5.41, 5.74) is -0.696. The zero-order valence-electron chi connectivity index (χ0n) is 16.5. The lowest BCUT2D eigenvalue weighted by atomic mass is 10.1. The van der Waals surface area contributed by atoms with Crippen LogP contribution in [0, 0.1) is 17.6 Å². The fourth-order valence-corrected chi connectivity index (χ4v) is 4.17. The van der Waals surface area contributed by atoms with Gasteiger partial charge in [-0.1, -0.05) is 0 Å². The van der Waals surface area contributed by atoms with Crippen LogP contribution in [0.5, 0.6) is 0 Å². The summed E-state index contributed by atoms with van der Waals surface area (Å²) in [6.45, 7) is 1.15. The Morgan fingerprint density at radius 2 is 1.58 bits per heavy atom. The van der Waals surface area contributed by atoms with Gasteiger partial charge in [-0.3, -0.25) is 4.40 Å². The summed E-state index contributed by atoms with van der Waals surface area (Å²) in [6, 6.07) is 4.79. The van der Waals surface area contributed by atoms with Gasteiger partial charge in [0.1, 0.15) is 23.0 Å². The first-order valence-electron chi connectivity index (χ1n) is 10.2. The highest BCUT2D eigenvalue weighted by atomic mass is 19.4. The fourth-order valence-electron chi connectivity index (χ4n) is 4.17. The predicted molar refractivity (Wildman–Crippen MR) is 105 cm³/mol. The second kappa shape index (κ2) is 7.35. The van der Waals surface area contributed by atoms with E-state index in [4.69, 9.17) is 0 Å². The molecule has 1 aliphatic heterocycles. The standard InChI is InChI=1S/C21H20F5N5/c22-14-3-4-16(15(23)12-14)29-7-9-30(10-8-29)17-5-6-31-18(11-13-1-2-13)27-28-20(31)19(17)21(24,25)26/h3-6,12-13H,1-2,7-11H2. The number of benzene rings is 1. The molecule has 3 aromatic rings. The van der Waals surface area contributed by atoms with Crippen LogP contribution in [-0.2, 0) is 12.6 Å². The number of alkyl halides is 3. The average Bonchev–Trinajstić information content (AvgIpc) is 3.45. The number of piperazine rings is 1. The number of nitrogens with zero attached hydrogens (tertiary/aromatic N) is 5. The van der Waals surface area contributed by atoms with Crippen molar-refractivity contribution < 1.29 is 22.0 Å². The molecule has 0 unspecified atom stereocenters. The van der Waals surface area contributed by atoms with E-state index >= 15 is 0 Å². The van der Waals surface area contributed by atoms with E-state index in [0.717, 1.165) is 18.9 Å². The smallest absolute Gasteiger partial charge is 0.367 e. The lowest BCUT2D eigenvalue weighted by Gasteiger charge is -2.38. The van der Waals surface area contributed by atoms with E-state index < -0.39 is 23.4 Å². The molecule has 5 nitrogen and oxygen atoms in total. The highest BCUT2D eigenvalue weighted by Crippen LogP contribution is 2.40. The molecule has 2 aliphatic rings. The van der Waals surface area contributed by atoms with Crippen LogP contribution in [-0.4, -0.2) is 40.8 Å². The molecule has 1 aromatic carbocycles. The van der Waals surface area contributed by atoms with Crippen LogP contribution in [0.3, 0.4) is 0 Å². The van der Waals surface area contributed by atoms with E-state index in [0.29, 0.717) is 31.3 Å². The number of anilines is 2. The quantitative estimate of drug-likeness (QED) is 0.571. The third-order valence-corrected chi connectivity index (χ3v) is 5.95. The van der Waals surface area contributed by atoms with E-state index in [1.54, 1.807) is 16.0 Å². The maximum Gasteiger partial charge on any atom is 0.422 e. The van der Waals surface area contributed by atoms with Gasteiger partial charge in [0.2, 0.25) is 0 Å². The Morgan fingerprint density at radius 1 is 0.903 bits per heavy atom. The minimum atomic E-state index is -4.60. The van der Waals surface area contributed by atoms with E-state index in [1.165, 1.54) is 22.6 Å². The maximum atomic E-state index is 14.1. The summed E-state index contributed by atoms with van der Waals surface area (Å²) in [5.74, 6) is -0.331. The van der Waals surface area contributed by atoms with E-state index in [1.807, 2.05) is 0 Å². The van der Waals surface area contributed by atoms with Crippen molar-refractivity contribution in [2.45, 2.75) is 25.4 Å². The summed E-state index contributed by atoms with van der Waals surface area (Å²) >= 11 is 0. The van der Waals surface area contributed by atoms with Gasteiger partial charge in [-0.05, 0) is 37.0 Å². The molecule has 0 radical (unpaired) electrons. The number of hydrogen-bond donors (Lipinski definition) is 0. The second-order valence-electron chi connectivity index (χ2n) is 8.10. The minimum Gasteiger partial charge on any atom is -0.367 e. The molecule has 0 atom stereocenters. The molecule has 2 aromatic heterocycles. The Kier molecular flexibility index (Phi) is 4.75. The molecule has 164 valence electrons. The zero-order valence-corrected chi connectivity index (χ0v) is 16.5. The first kappa shape index (κ1) is 20.0. The SMILES string of the molecule is Fc1ccc(N2CCN(c3ccn4c(CC5CC5)nnc4c3C(F)(F)F)CC2)c(F)c1. The van der Waals surface area contributed by atoms with Crippen LogP contribution in [0.4, 0.5) is 33.3 Å². The van der Waals surface area contributed by atoms with Gasteiger partial charge in [0, 0.05) is 44.9 Å². The molecule has 1 saturated carbocycles. The van der Waals surface area contributed by atoms with Crippen molar-refractivity contribution in [1.82, 2.24) is 14.6 Å². The molecule has 1 aliphatic carbocycles. The lowest BCUT2D eigenvalue weighted by molar-refractivity contribution is -0.136. The molecule has 0 bridgehead atoms. The largest absolute Gasteiger partial charge is 0.422 e. The Balaban J connectivity index is 1.43. The van der Waals surface area contributed by atoms with Crippen LogP contribution < -0.4 is 9.80 Å². The van der Waals surface area contributed by atoms with E-state index in [-0.39, 0.29) is 30.1 Å². The average molecular weight is 437 g/mol. The number of hydrogen-bond acceptors (Lipinski definition) is 4. The van der Waals surface area contributed by atoms with Gasteiger partial charge in [0.15, 0.2) is 5.65 Å². The minimum absolute atomic E-state index is 0.0459. The summed E-state index contributed by atoms with van der Waals surface area (Å²) in [7, 11) is 0. The number of halogens is 5. The molecule has 0 spiro atoms. The van der Waals surface area contributed by atoms with Gasteiger partial charge in [-0.15, -0.1) is 10.2 Å². The lowest BCUT2D eigenvalue weighted by Crippen LogP contribution is -2.47. The van der Waals surface area contributed by atoms with Crippen molar-refractivity contribution in [3.8, 4) is 0 Å². The van der Waals surface area contributed by atoms with Gasteiger partial charge in [-0.25, -0.2) is 8.78 Å². The van der Waals surface area contributed by atoms with Crippen LogP contribution in [0.2, 0.25) is 0 Å². The highest BCUT2D eigenvalue weighted by Gasteiger charge is 2.40. The monoisotopic (exact) mass is 437 g/mol. The number of pyridine rings is 1. The van der Waals surface area contributed by atoms with Gasteiger partial charge in [0.05, 0.1) is 11.4 Å². The van der Waals surface area contributed by atoms with Crippen molar-refractivity contribution in [1.29, 1.82) is 0 Å². The highest BCUT2D eigenvalue weighted by molar-refractivity contribution is 5.67. The first-order valence-corrected chi connectivity index (χ1v) is 10.2. The number of rotatable bonds is 4. The first-order chi connectivity index (χ1) is 14.8. The molecule has 31 heavy (non-hydrogen) atoms. The zero-order chi connectivity index (χ0) is 21.8. The van der Waals surface area contributed by atoms with Gasteiger partial charge >= 0.3 is 6.18 Å². The predicted octanol–water partition coefficient (Wildman–Crippen LogP) is 4.31. The number of aromatic nitrogens is 3. The van der Waals surface area contributed by atoms with Crippen LogP contribution in [0.1, 0.15) is 24.2 Å². The number of fused-ring (bicyclic) bond motifs is 1.